The fraction of sp³-hybridized carbons (Fsp3) is 0.846. The lowest BCUT2D eigenvalue weighted by Gasteiger charge is -2.38. The van der Waals surface area contributed by atoms with E-state index in [0.717, 1.165) is 0 Å². The van der Waals surface area contributed by atoms with Crippen molar-refractivity contribution in [3.05, 3.63) is 0 Å². The van der Waals surface area contributed by atoms with Crippen LogP contribution >= 0.6 is 0 Å². The van der Waals surface area contributed by atoms with Crippen molar-refractivity contribution in [1.82, 2.24) is 4.90 Å². The zero-order valence-corrected chi connectivity index (χ0v) is 11.6. The minimum Gasteiger partial charge on any atom is -0.481 e. The van der Waals surface area contributed by atoms with Crippen molar-refractivity contribution in [2.45, 2.75) is 52.7 Å². The monoisotopic (exact) mass is 257 g/mol. The lowest BCUT2D eigenvalue weighted by molar-refractivity contribution is -0.146. The summed E-state index contributed by atoms with van der Waals surface area (Å²) in [5.74, 6) is -0.847. The molecule has 0 aromatic heterocycles. The predicted molar refractivity (Wildman–Crippen MR) is 67.2 cm³/mol. The minimum absolute atomic E-state index is 0.00696. The summed E-state index contributed by atoms with van der Waals surface area (Å²) >= 11 is 0. The number of carboxylic acids is 1. The standard InChI is InChI=1S/C13H23NO4/c1-9-8-18-10(2)7-14(9)11(15)5-13(3,4)6-12(16)17/h9-10H,5-8H2,1-4H3,(H,16,17)/t9-,10+/m1/s1. The van der Waals surface area contributed by atoms with Crippen LogP contribution in [0.4, 0.5) is 0 Å². The molecule has 1 amide bonds. The van der Waals surface area contributed by atoms with E-state index in [2.05, 4.69) is 0 Å². The van der Waals surface area contributed by atoms with E-state index in [4.69, 9.17) is 9.84 Å². The summed E-state index contributed by atoms with van der Waals surface area (Å²) in [5, 5.41) is 8.82. The van der Waals surface area contributed by atoms with Gasteiger partial charge in [-0.2, -0.15) is 0 Å². The number of carbonyl (C=O) groups excluding carboxylic acids is 1. The van der Waals surface area contributed by atoms with Crippen molar-refractivity contribution in [3.63, 3.8) is 0 Å². The Morgan fingerprint density at radius 2 is 1.94 bits per heavy atom. The molecular weight excluding hydrogens is 234 g/mol. The second-order valence-electron chi connectivity index (χ2n) is 5.95. The van der Waals surface area contributed by atoms with Gasteiger partial charge in [0, 0.05) is 13.0 Å². The molecule has 1 saturated heterocycles. The van der Waals surface area contributed by atoms with Crippen molar-refractivity contribution >= 4 is 11.9 Å². The molecule has 1 fully saturated rings. The number of nitrogens with zero attached hydrogens (tertiary/aromatic N) is 1. The molecular formula is C13H23NO4. The molecule has 0 saturated carbocycles. The van der Waals surface area contributed by atoms with Crippen molar-refractivity contribution in [2.75, 3.05) is 13.2 Å². The summed E-state index contributed by atoms with van der Waals surface area (Å²) in [6.07, 6.45) is 0.316. The lowest BCUT2D eigenvalue weighted by atomic mass is 9.85. The van der Waals surface area contributed by atoms with Crippen LogP contribution in [0.5, 0.6) is 0 Å². The van der Waals surface area contributed by atoms with Crippen LogP contribution in [0.15, 0.2) is 0 Å². The summed E-state index contributed by atoms with van der Waals surface area (Å²) in [6.45, 7) is 8.65. The number of ether oxygens (including phenoxy) is 1. The summed E-state index contributed by atoms with van der Waals surface area (Å²) in [6, 6.07) is 0.0642. The molecule has 1 rings (SSSR count). The molecule has 0 aromatic carbocycles. The minimum atomic E-state index is -0.865. The summed E-state index contributed by atoms with van der Waals surface area (Å²) in [5.41, 5.74) is -0.510. The third kappa shape index (κ3) is 4.29. The first-order chi connectivity index (χ1) is 8.21. The van der Waals surface area contributed by atoms with Crippen LogP contribution in [-0.2, 0) is 14.3 Å². The maximum Gasteiger partial charge on any atom is 0.303 e. The quantitative estimate of drug-likeness (QED) is 0.829. The molecule has 0 aromatic rings. The first kappa shape index (κ1) is 15.0. The highest BCUT2D eigenvalue weighted by molar-refractivity contribution is 5.78. The Bertz CT molecular complexity index is 327. The van der Waals surface area contributed by atoms with Gasteiger partial charge < -0.3 is 14.7 Å². The third-order valence-corrected chi connectivity index (χ3v) is 3.19. The zero-order chi connectivity index (χ0) is 13.9. The Kier molecular flexibility index (Phi) is 4.73. The molecule has 0 unspecified atom stereocenters. The predicted octanol–water partition coefficient (Wildman–Crippen LogP) is 1.51. The van der Waals surface area contributed by atoms with Gasteiger partial charge in [-0.3, -0.25) is 9.59 Å². The highest BCUT2D eigenvalue weighted by Crippen LogP contribution is 2.27. The zero-order valence-electron chi connectivity index (χ0n) is 11.6. The molecule has 5 heteroatoms. The van der Waals surface area contributed by atoms with E-state index >= 15 is 0 Å². The number of rotatable bonds is 4. The van der Waals surface area contributed by atoms with Crippen molar-refractivity contribution in [2.24, 2.45) is 5.41 Å². The number of carboxylic acid groups (broad SMARTS) is 1. The number of aliphatic carboxylic acids is 1. The van der Waals surface area contributed by atoms with E-state index in [1.54, 1.807) is 4.90 Å². The van der Waals surface area contributed by atoms with Crippen LogP contribution in [0.2, 0.25) is 0 Å². The van der Waals surface area contributed by atoms with Crippen molar-refractivity contribution < 1.29 is 19.4 Å². The van der Waals surface area contributed by atoms with Crippen molar-refractivity contribution in [1.29, 1.82) is 0 Å². The number of carbonyl (C=O) groups is 2. The van der Waals surface area contributed by atoms with Crippen LogP contribution < -0.4 is 0 Å². The first-order valence-electron chi connectivity index (χ1n) is 6.34. The van der Waals surface area contributed by atoms with Gasteiger partial charge in [-0.15, -0.1) is 0 Å². The van der Waals surface area contributed by atoms with E-state index in [0.29, 0.717) is 13.2 Å². The molecule has 104 valence electrons. The lowest BCUT2D eigenvalue weighted by Crippen LogP contribution is -2.51. The second kappa shape index (κ2) is 5.69. The molecule has 1 heterocycles. The van der Waals surface area contributed by atoms with Gasteiger partial charge in [-0.1, -0.05) is 13.8 Å². The Labute approximate surface area is 108 Å². The fourth-order valence-electron chi connectivity index (χ4n) is 2.23. The second-order valence-corrected chi connectivity index (χ2v) is 5.95. The molecule has 0 bridgehead atoms. The van der Waals surface area contributed by atoms with E-state index < -0.39 is 11.4 Å². The topological polar surface area (TPSA) is 66.8 Å². The highest BCUT2D eigenvalue weighted by Gasteiger charge is 2.32. The molecule has 1 N–H and O–H groups in total. The summed E-state index contributed by atoms with van der Waals surface area (Å²) in [7, 11) is 0. The van der Waals surface area contributed by atoms with Gasteiger partial charge in [0.2, 0.25) is 5.91 Å². The maximum absolute atomic E-state index is 12.2. The average Bonchev–Trinajstić information content (AvgIpc) is 2.18. The average molecular weight is 257 g/mol. The molecule has 1 aliphatic heterocycles. The van der Waals surface area contributed by atoms with Crippen LogP contribution in [0.3, 0.4) is 0 Å². The maximum atomic E-state index is 12.2. The molecule has 0 radical (unpaired) electrons. The van der Waals surface area contributed by atoms with Crippen LogP contribution in [0.1, 0.15) is 40.5 Å². The summed E-state index contributed by atoms with van der Waals surface area (Å²) < 4.78 is 5.48. The van der Waals surface area contributed by atoms with Gasteiger partial charge >= 0.3 is 5.97 Å². The Balaban J connectivity index is 2.61. The van der Waals surface area contributed by atoms with Gasteiger partial charge in [-0.25, -0.2) is 0 Å². The van der Waals surface area contributed by atoms with Crippen molar-refractivity contribution in [3.8, 4) is 0 Å². The van der Waals surface area contributed by atoms with Gasteiger partial charge in [-0.05, 0) is 19.3 Å². The molecule has 18 heavy (non-hydrogen) atoms. The van der Waals surface area contributed by atoms with Crippen LogP contribution in [-0.4, -0.2) is 47.2 Å². The van der Waals surface area contributed by atoms with Gasteiger partial charge in [0.1, 0.15) is 0 Å². The molecule has 0 spiro atoms. The number of morpholine rings is 1. The number of hydrogen-bond donors (Lipinski definition) is 1. The van der Waals surface area contributed by atoms with Gasteiger partial charge in [0.05, 0.1) is 25.2 Å². The Hall–Kier alpha value is -1.10. The molecule has 1 aliphatic rings. The number of amides is 1. The molecule has 2 atom stereocenters. The van der Waals surface area contributed by atoms with E-state index in [1.165, 1.54) is 0 Å². The van der Waals surface area contributed by atoms with Gasteiger partial charge in [0.25, 0.3) is 0 Å². The third-order valence-electron chi connectivity index (χ3n) is 3.19. The number of hydrogen-bond acceptors (Lipinski definition) is 3. The largest absolute Gasteiger partial charge is 0.481 e. The smallest absolute Gasteiger partial charge is 0.303 e. The van der Waals surface area contributed by atoms with Crippen LogP contribution in [0.25, 0.3) is 0 Å². The summed E-state index contributed by atoms with van der Waals surface area (Å²) in [4.78, 5) is 24.8. The fourth-order valence-corrected chi connectivity index (χ4v) is 2.23. The molecule has 0 aliphatic carbocycles. The highest BCUT2D eigenvalue weighted by atomic mass is 16.5. The normalized spacial score (nSPS) is 25.0. The Morgan fingerprint density at radius 3 is 2.50 bits per heavy atom. The van der Waals surface area contributed by atoms with E-state index in [1.807, 2.05) is 27.7 Å². The van der Waals surface area contributed by atoms with E-state index in [-0.39, 0.29) is 30.9 Å². The van der Waals surface area contributed by atoms with E-state index in [9.17, 15) is 9.59 Å². The van der Waals surface area contributed by atoms with Gasteiger partial charge in [0.15, 0.2) is 0 Å². The SMILES string of the molecule is C[C@@H]1CO[C@@H](C)CN1C(=O)CC(C)(C)CC(=O)O. The first-order valence-corrected chi connectivity index (χ1v) is 6.34. The van der Waals surface area contributed by atoms with Crippen LogP contribution in [0, 0.1) is 5.41 Å². The molecule has 5 nitrogen and oxygen atoms in total. The Morgan fingerprint density at radius 1 is 1.33 bits per heavy atom.